The van der Waals surface area contributed by atoms with Crippen LogP contribution in [0.1, 0.15) is 126 Å². The molecule has 9 atom stereocenters. The second-order valence-corrected chi connectivity index (χ2v) is 26.8. The van der Waals surface area contributed by atoms with E-state index in [2.05, 4.69) is 57.0 Å². The molecule has 234 valence electrons. The van der Waals surface area contributed by atoms with E-state index in [1.54, 1.807) is 0 Å². The third-order valence-corrected chi connectivity index (χ3v) is 24.9. The van der Waals surface area contributed by atoms with Crippen LogP contribution in [0, 0.1) is 29.6 Å². The van der Waals surface area contributed by atoms with Crippen LogP contribution in [0.4, 0.5) is 0 Å². The summed E-state index contributed by atoms with van der Waals surface area (Å²) in [5, 5.41) is 25.7. The number of amides is 1. The molecule has 6 heteroatoms. The van der Waals surface area contributed by atoms with Crippen molar-refractivity contribution in [1.29, 1.82) is 0 Å². The Labute approximate surface area is 251 Å². The van der Waals surface area contributed by atoms with Gasteiger partial charge in [0, 0.05) is 5.92 Å². The molecule has 40 heavy (non-hydrogen) atoms. The molecule has 0 bridgehead atoms. The number of piperidine rings is 1. The average molecular weight is 671 g/mol. The van der Waals surface area contributed by atoms with Gasteiger partial charge in [-0.25, -0.2) is 0 Å². The van der Waals surface area contributed by atoms with Gasteiger partial charge in [-0.15, -0.1) is 0 Å². The molecule has 0 aromatic rings. The molecule has 2 aliphatic heterocycles. The van der Waals surface area contributed by atoms with Crippen molar-refractivity contribution in [2.45, 2.75) is 163 Å². The van der Waals surface area contributed by atoms with Gasteiger partial charge in [-0.2, -0.15) is 0 Å². The van der Waals surface area contributed by atoms with Crippen molar-refractivity contribution in [3.05, 3.63) is 10.2 Å². The number of hydrogen-bond acceptors (Lipinski definition) is 4. The molecule has 2 rings (SSSR count). The Bertz CT molecular complexity index is 753. The summed E-state index contributed by atoms with van der Waals surface area (Å²) in [7, 11) is 0. The number of ether oxygens (including phenoxy) is 1. The van der Waals surface area contributed by atoms with Gasteiger partial charge in [0.1, 0.15) is 0 Å². The number of aliphatic hydroxyl groups is 2. The van der Waals surface area contributed by atoms with Gasteiger partial charge in [0.2, 0.25) is 0 Å². The summed E-state index contributed by atoms with van der Waals surface area (Å²) in [4.78, 5) is 12.9. The fourth-order valence-electron chi connectivity index (χ4n) is 7.41. The number of rotatable bonds is 17. The molecule has 5 nitrogen and oxygen atoms in total. The third kappa shape index (κ3) is 9.19. The fourth-order valence-corrected chi connectivity index (χ4v) is 21.9. The van der Waals surface area contributed by atoms with Gasteiger partial charge in [0.15, 0.2) is 0 Å². The van der Waals surface area contributed by atoms with Gasteiger partial charge in [-0.05, 0) is 6.42 Å². The van der Waals surface area contributed by atoms with Gasteiger partial charge in [-0.3, -0.25) is 4.79 Å². The monoisotopic (exact) mass is 671 g/mol. The van der Waals surface area contributed by atoms with E-state index in [-0.39, 0.29) is 41.6 Å². The van der Waals surface area contributed by atoms with Crippen LogP contribution in [0.25, 0.3) is 0 Å². The Balaban J connectivity index is 2.04. The van der Waals surface area contributed by atoms with E-state index in [0.717, 1.165) is 25.7 Å². The van der Waals surface area contributed by atoms with Crippen molar-refractivity contribution >= 4 is 24.3 Å². The van der Waals surface area contributed by atoms with E-state index in [4.69, 9.17) is 4.74 Å². The first kappa shape index (κ1) is 36.1. The second-order valence-electron chi connectivity index (χ2n) is 13.8. The maximum atomic E-state index is 12.9. The summed E-state index contributed by atoms with van der Waals surface area (Å²) >= 11 is -2.26. The minimum absolute atomic E-state index is 0.000632. The van der Waals surface area contributed by atoms with Gasteiger partial charge in [0.25, 0.3) is 0 Å². The summed E-state index contributed by atoms with van der Waals surface area (Å²) in [6, 6.07) is 0. The molecule has 2 aliphatic rings. The normalized spacial score (nSPS) is 32.9. The summed E-state index contributed by atoms with van der Waals surface area (Å²) in [6.07, 6.45) is 13.2. The Morgan fingerprint density at radius 3 is 2.15 bits per heavy atom. The molecule has 0 saturated carbocycles. The van der Waals surface area contributed by atoms with E-state index in [0.29, 0.717) is 6.42 Å². The zero-order valence-corrected chi connectivity index (χ0v) is 30.2. The van der Waals surface area contributed by atoms with Crippen LogP contribution in [0.2, 0.25) is 13.3 Å². The summed E-state index contributed by atoms with van der Waals surface area (Å²) in [6.45, 7) is 17.3. The van der Waals surface area contributed by atoms with Crippen LogP contribution in [-0.2, 0) is 9.53 Å². The zero-order valence-electron chi connectivity index (χ0n) is 27.4. The number of aliphatic hydroxyl groups excluding tert-OH is 2. The Morgan fingerprint density at radius 2 is 1.62 bits per heavy atom. The Kier molecular flexibility index (Phi) is 15.6. The molecule has 0 unspecified atom stereocenters. The van der Waals surface area contributed by atoms with Crippen molar-refractivity contribution in [1.82, 2.24) is 5.32 Å². The predicted molar refractivity (Wildman–Crippen MR) is 171 cm³/mol. The van der Waals surface area contributed by atoms with E-state index < -0.39 is 36.3 Å². The quantitative estimate of drug-likeness (QED) is 0.137. The van der Waals surface area contributed by atoms with Gasteiger partial charge >= 0.3 is 228 Å². The molecule has 0 aliphatic carbocycles. The van der Waals surface area contributed by atoms with E-state index in [9.17, 15) is 15.0 Å². The van der Waals surface area contributed by atoms with Gasteiger partial charge < -0.3 is 0 Å². The molecule has 1 spiro atoms. The van der Waals surface area contributed by atoms with Crippen LogP contribution in [0.3, 0.4) is 0 Å². The zero-order chi connectivity index (χ0) is 29.9. The van der Waals surface area contributed by atoms with Crippen LogP contribution >= 0.6 is 0 Å². The Hall–Kier alpha value is -0.111. The number of hydrogen-bond donors (Lipinski definition) is 3. The number of nitrogens with one attached hydrogen (secondary N) is 1. The maximum absolute atomic E-state index is 12.9. The molecule has 0 radical (unpaired) electrons. The van der Waals surface area contributed by atoms with E-state index in [1.165, 1.54) is 51.8 Å². The van der Waals surface area contributed by atoms with Crippen LogP contribution in [0.15, 0.2) is 10.2 Å². The number of allylic oxidation sites excluding steroid dienone is 1. The molecule has 0 aromatic heterocycles. The third-order valence-electron chi connectivity index (χ3n) is 10.7. The van der Waals surface area contributed by atoms with Crippen molar-refractivity contribution in [2.24, 2.45) is 29.6 Å². The standard InChI is InChI=1S/C22H38NO4.3C4H9.Sn/c1-7-9-10-13(3)18(24)12-19-15(5)20(25)16(6)22(27-19)14(4)11-17(8-2)21(26)23-22;3*1-3-4-2;/h1,7,13-20,24-25H,8-12H2,2-6H3,(H,23,26);3*1,3-4H2,2H3;/t13-,14-,15-,16-,17-,18-,19-,20-,22+;;;;/m0..../s1. The van der Waals surface area contributed by atoms with Crippen LogP contribution in [0.5, 0.6) is 0 Å². The average Bonchev–Trinajstić information content (AvgIpc) is 2.94. The molecule has 3 N–H and O–H groups in total. The van der Waals surface area contributed by atoms with Gasteiger partial charge in [0.05, 0.1) is 0 Å². The van der Waals surface area contributed by atoms with Crippen LogP contribution < -0.4 is 5.32 Å². The molecule has 0 aromatic carbocycles. The molecular weight excluding hydrogens is 605 g/mol. The van der Waals surface area contributed by atoms with Crippen molar-refractivity contribution in [3.63, 3.8) is 0 Å². The summed E-state index contributed by atoms with van der Waals surface area (Å²) in [5.41, 5.74) is -0.864. The number of unbranched alkanes of at least 4 members (excludes halogenated alkanes) is 3. The summed E-state index contributed by atoms with van der Waals surface area (Å²) < 4.78 is 14.0. The van der Waals surface area contributed by atoms with Crippen molar-refractivity contribution < 1.29 is 19.7 Å². The minimum atomic E-state index is -2.26. The van der Waals surface area contributed by atoms with Crippen molar-refractivity contribution in [2.75, 3.05) is 0 Å². The molecule has 2 heterocycles. The Morgan fingerprint density at radius 1 is 1.05 bits per heavy atom. The molecular formula is C34H65NO4Sn. The SMILES string of the molecule is CCC[CH2][Sn](/[CH]=C/CC[C@H](C)[C@@H](O)C[C@@H]1O[C@@]2(NC(=O)[C@@H](CC)C[C@@H]2C)[C@@H](C)[C@@H](O)[C@H]1C)([CH2]CCC)[CH2]CCC. The second kappa shape index (κ2) is 17.3. The number of carbonyl (C=O) groups is 1. The van der Waals surface area contributed by atoms with Crippen LogP contribution in [-0.4, -0.2) is 58.5 Å². The predicted octanol–water partition coefficient (Wildman–Crippen LogP) is 8.01. The van der Waals surface area contributed by atoms with Gasteiger partial charge in [-0.1, -0.05) is 6.92 Å². The number of carbonyl (C=O) groups excluding carboxylic acids is 1. The molecule has 2 saturated heterocycles. The van der Waals surface area contributed by atoms with Crippen molar-refractivity contribution in [3.8, 4) is 0 Å². The molecule has 1 amide bonds. The topological polar surface area (TPSA) is 78.8 Å². The first-order valence-electron chi connectivity index (χ1n) is 17.0. The summed E-state index contributed by atoms with van der Waals surface area (Å²) in [5.74, 6) is -0.00154. The molecule has 2 fully saturated rings. The van der Waals surface area contributed by atoms with E-state index in [1.807, 2.05) is 13.8 Å². The first-order valence-corrected chi connectivity index (χ1v) is 24.7. The van der Waals surface area contributed by atoms with E-state index >= 15 is 0 Å². The first-order chi connectivity index (χ1) is 19.0. The fraction of sp³-hybridized carbons (Fsp3) is 0.912.